The molecule has 0 saturated heterocycles. The van der Waals surface area contributed by atoms with Crippen LogP contribution in [0.3, 0.4) is 0 Å². The van der Waals surface area contributed by atoms with Crippen molar-refractivity contribution in [3.05, 3.63) is 16.1 Å². The molecular formula is C8H14N2S2. The first-order valence-electron chi connectivity index (χ1n) is 3.97. The molecule has 68 valence electrons. The van der Waals surface area contributed by atoms with Gasteiger partial charge in [-0.25, -0.2) is 4.98 Å². The van der Waals surface area contributed by atoms with E-state index in [9.17, 15) is 0 Å². The zero-order valence-electron chi connectivity index (χ0n) is 7.41. The zero-order valence-corrected chi connectivity index (χ0v) is 9.04. The molecule has 0 aliphatic carbocycles. The molecule has 0 radical (unpaired) electrons. The lowest BCUT2D eigenvalue weighted by Gasteiger charge is -2.00. The van der Waals surface area contributed by atoms with E-state index in [1.54, 1.807) is 11.3 Å². The Balaban J connectivity index is 2.41. The lowest BCUT2D eigenvalue weighted by atomic mass is 10.6. The van der Waals surface area contributed by atoms with Gasteiger partial charge in [0.1, 0.15) is 5.01 Å². The van der Waals surface area contributed by atoms with E-state index in [4.69, 9.17) is 5.73 Å². The molecule has 0 aliphatic rings. The summed E-state index contributed by atoms with van der Waals surface area (Å²) >= 11 is 3.63. The summed E-state index contributed by atoms with van der Waals surface area (Å²) in [7, 11) is 0. The Morgan fingerprint density at radius 1 is 1.67 bits per heavy atom. The van der Waals surface area contributed by atoms with Crippen molar-refractivity contribution in [1.82, 2.24) is 4.98 Å². The molecule has 2 N–H and O–H groups in total. The van der Waals surface area contributed by atoms with E-state index in [1.807, 2.05) is 18.0 Å². The van der Waals surface area contributed by atoms with Crippen molar-refractivity contribution in [3.8, 4) is 0 Å². The molecule has 4 heteroatoms. The Bertz CT molecular complexity index is 233. The summed E-state index contributed by atoms with van der Waals surface area (Å²) in [5, 5.41) is 1.87. The number of hydrogen-bond donors (Lipinski definition) is 1. The van der Waals surface area contributed by atoms with Crippen LogP contribution in [0.4, 0.5) is 0 Å². The maximum Gasteiger partial charge on any atom is 0.103 e. The summed E-state index contributed by atoms with van der Waals surface area (Å²) in [4.78, 5) is 5.45. The van der Waals surface area contributed by atoms with Crippen LogP contribution in [0.2, 0.25) is 0 Å². The summed E-state index contributed by atoms with van der Waals surface area (Å²) in [6.45, 7) is 5.01. The summed E-state index contributed by atoms with van der Waals surface area (Å²) < 4.78 is 0. The van der Waals surface area contributed by atoms with Gasteiger partial charge in [0.2, 0.25) is 0 Å². The highest BCUT2D eigenvalue weighted by Crippen LogP contribution is 2.20. The average molecular weight is 202 g/mol. The smallest absolute Gasteiger partial charge is 0.103 e. The fourth-order valence-electron chi connectivity index (χ4n) is 0.747. The molecule has 0 fully saturated rings. The van der Waals surface area contributed by atoms with Crippen molar-refractivity contribution in [3.63, 3.8) is 0 Å². The van der Waals surface area contributed by atoms with E-state index >= 15 is 0 Å². The van der Waals surface area contributed by atoms with Crippen LogP contribution in [0, 0.1) is 0 Å². The first-order chi connectivity index (χ1) is 5.72. The predicted molar refractivity (Wildman–Crippen MR) is 56.4 cm³/mol. The fraction of sp³-hybridized carbons (Fsp3) is 0.625. The first-order valence-corrected chi connectivity index (χ1v) is 5.84. The summed E-state index contributed by atoms with van der Waals surface area (Å²) in [6.07, 6.45) is 1.88. The van der Waals surface area contributed by atoms with Crippen LogP contribution < -0.4 is 5.73 Å². The van der Waals surface area contributed by atoms with Crippen molar-refractivity contribution >= 4 is 23.1 Å². The molecule has 1 heterocycles. The van der Waals surface area contributed by atoms with Crippen LogP contribution in [0.25, 0.3) is 0 Å². The van der Waals surface area contributed by atoms with Gasteiger partial charge < -0.3 is 5.73 Å². The number of nitrogens with two attached hydrogens (primary N) is 1. The maximum atomic E-state index is 5.48. The van der Waals surface area contributed by atoms with Gasteiger partial charge in [-0.2, -0.15) is 11.8 Å². The molecule has 0 spiro atoms. The maximum absolute atomic E-state index is 5.48. The summed E-state index contributed by atoms with van der Waals surface area (Å²) in [5.74, 6) is 1.02. The first kappa shape index (κ1) is 10.0. The largest absolute Gasteiger partial charge is 0.326 e. The molecule has 0 bridgehead atoms. The van der Waals surface area contributed by atoms with Crippen molar-refractivity contribution in [1.29, 1.82) is 0 Å². The van der Waals surface area contributed by atoms with Crippen LogP contribution in [0.1, 0.15) is 23.7 Å². The topological polar surface area (TPSA) is 38.9 Å². The van der Waals surface area contributed by atoms with Crippen molar-refractivity contribution in [2.75, 3.05) is 0 Å². The number of thiazole rings is 1. The molecule has 0 aromatic carbocycles. The lowest BCUT2D eigenvalue weighted by Crippen LogP contribution is -1.91. The molecule has 0 atom stereocenters. The van der Waals surface area contributed by atoms with Gasteiger partial charge in [-0.15, -0.1) is 11.3 Å². The van der Waals surface area contributed by atoms with E-state index in [2.05, 4.69) is 18.8 Å². The molecule has 1 rings (SSSR count). The molecule has 1 aromatic rings. The SMILES string of the molecule is CC(C)SCc1ncc(CN)s1. The Labute approximate surface area is 81.6 Å². The second-order valence-electron chi connectivity index (χ2n) is 2.78. The van der Waals surface area contributed by atoms with E-state index in [0.717, 1.165) is 5.75 Å². The zero-order chi connectivity index (χ0) is 8.97. The molecule has 0 amide bonds. The third kappa shape index (κ3) is 3.13. The minimum atomic E-state index is 0.615. The Hall–Kier alpha value is -0.0600. The molecule has 0 unspecified atom stereocenters. The minimum absolute atomic E-state index is 0.615. The Kier molecular flexibility index (Phi) is 4.05. The molecule has 12 heavy (non-hydrogen) atoms. The van der Waals surface area contributed by atoms with Crippen LogP contribution >= 0.6 is 23.1 Å². The average Bonchev–Trinajstić information content (AvgIpc) is 2.48. The normalized spacial score (nSPS) is 11.0. The van der Waals surface area contributed by atoms with Crippen molar-refractivity contribution < 1.29 is 0 Å². The highest BCUT2D eigenvalue weighted by Gasteiger charge is 2.01. The number of nitrogens with zero attached hydrogens (tertiary/aromatic N) is 1. The Morgan fingerprint density at radius 2 is 2.42 bits per heavy atom. The lowest BCUT2D eigenvalue weighted by molar-refractivity contribution is 1.09. The van der Waals surface area contributed by atoms with Gasteiger partial charge in [0.05, 0.1) is 0 Å². The van der Waals surface area contributed by atoms with E-state index in [1.165, 1.54) is 9.88 Å². The van der Waals surface area contributed by atoms with Gasteiger partial charge in [-0.3, -0.25) is 0 Å². The van der Waals surface area contributed by atoms with Gasteiger partial charge in [-0.1, -0.05) is 13.8 Å². The van der Waals surface area contributed by atoms with Crippen LogP contribution in [0.15, 0.2) is 6.20 Å². The molecular weight excluding hydrogens is 188 g/mol. The van der Waals surface area contributed by atoms with E-state index < -0.39 is 0 Å². The number of aromatic nitrogens is 1. The second-order valence-corrected chi connectivity index (χ2v) is 5.55. The highest BCUT2D eigenvalue weighted by molar-refractivity contribution is 7.99. The monoisotopic (exact) mass is 202 g/mol. The van der Waals surface area contributed by atoms with Crippen LogP contribution in [-0.4, -0.2) is 10.2 Å². The van der Waals surface area contributed by atoms with Gasteiger partial charge in [0.25, 0.3) is 0 Å². The Morgan fingerprint density at radius 3 is 2.92 bits per heavy atom. The number of rotatable bonds is 4. The van der Waals surface area contributed by atoms with Gasteiger partial charge in [-0.05, 0) is 5.25 Å². The van der Waals surface area contributed by atoms with Gasteiger partial charge in [0, 0.05) is 23.4 Å². The quantitative estimate of drug-likeness (QED) is 0.814. The summed E-state index contributed by atoms with van der Waals surface area (Å²) in [6, 6.07) is 0. The second kappa shape index (κ2) is 4.84. The molecule has 1 aromatic heterocycles. The van der Waals surface area contributed by atoms with Crippen molar-refractivity contribution in [2.45, 2.75) is 31.4 Å². The third-order valence-corrected chi connectivity index (χ3v) is 3.65. The summed E-state index contributed by atoms with van der Waals surface area (Å²) in [5.41, 5.74) is 5.48. The van der Waals surface area contributed by atoms with E-state index in [-0.39, 0.29) is 0 Å². The highest BCUT2D eigenvalue weighted by atomic mass is 32.2. The molecule has 2 nitrogen and oxygen atoms in total. The number of thioether (sulfide) groups is 1. The molecule has 0 aliphatic heterocycles. The predicted octanol–water partition coefficient (Wildman–Crippen LogP) is 2.24. The third-order valence-electron chi connectivity index (χ3n) is 1.34. The van der Waals surface area contributed by atoms with Crippen molar-refractivity contribution in [2.24, 2.45) is 5.73 Å². The number of hydrogen-bond acceptors (Lipinski definition) is 4. The van der Waals surface area contributed by atoms with Gasteiger partial charge >= 0.3 is 0 Å². The molecule has 0 saturated carbocycles. The van der Waals surface area contributed by atoms with E-state index in [0.29, 0.717) is 11.8 Å². The minimum Gasteiger partial charge on any atom is -0.326 e. The standard InChI is InChI=1S/C8H14N2S2/c1-6(2)11-5-8-10-4-7(3-9)12-8/h4,6H,3,5,9H2,1-2H3. The van der Waals surface area contributed by atoms with Gasteiger partial charge in [0.15, 0.2) is 0 Å². The van der Waals surface area contributed by atoms with Crippen LogP contribution in [0.5, 0.6) is 0 Å². The van der Waals surface area contributed by atoms with Crippen LogP contribution in [-0.2, 0) is 12.3 Å². The fourth-order valence-corrected chi connectivity index (χ4v) is 2.33.